The fourth-order valence-corrected chi connectivity index (χ4v) is 16.9. The van der Waals surface area contributed by atoms with Crippen LogP contribution in [0.5, 0.6) is 0 Å². The second-order valence-corrected chi connectivity index (χ2v) is 28.0. The van der Waals surface area contributed by atoms with Gasteiger partial charge in [0.25, 0.3) is 0 Å². The number of hydrogen-bond acceptors (Lipinski definition) is 0. The molecule has 0 nitrogen and oxygen atoms in total. The molecule has 0 amide bonds. The largest absolute Gasteiger partial charge is 0.0622 e. The summed E-state index contributed by atoms with van der Waals surface area (Å²) in [5.41, 5.74) is 34.9. The van der Waals surface area contributed by atoms with E-state index in [4.69, 9.17) is 0 Å². The summed E-state index contributed by atoms with van der Waals surface area (Å²) in [5, 5.41) is 7.06. The molecule has 0 atom stereocenters. The first-order valence-corrected chi connectivity index (χ1v) is 37.4. The van der Waals surface area contributed by atoms with E-state index in [0.29, 0.717) is 0 Å². The molecule has 0 N–H and O–H groups in total. The molecule has 0 aromatic heterocycles. The highest BCUT2D eigenvalue weighted by Gasteiger charge is 2.29. The lowest BCUT2D eigenvalue weighted by Crippen LogP contribution is -1.98. The molecular weight excluding hydrogens is 1300 g/mol. The van der Waals surface area contributed by atoms with Gasteiger partial charge >= 0.3 is 0 Å². The molecule has 0 aliphatic rings. The minimum atomic E-state index is 1.11. The standard InChI is InChI=1S/C108H72/c1-13-37-73(38-14-1)97-91-64-61-85(70-94(91)100(76-43-19-4-20-44-76)106(82-55-31-10-32-56-82)103(97)79-49-25-7-26-50-79)88-67-89(86-62-65-92-95(71-86)101(77-45-21-5-22-46-77)107(83-57-33-11-34-58-83)104(80-51-27-8-28-52-80)98(92)74-39-15-2-16-40-74)69-90(68-88)87-63-66-93-96(72-87)102(78-47-23-6-24-48-78)108(84-59-35-12-36-60-84)105(81-53-29-9-30-54-81)99(93)75-41-17-3-18-42-75/h1-72H. The normalized spacial score (nSPS) is 11.3. The zero-order chi connectivity index (χ0) is 71.7. The molecule has 0 heterocycles. The van der Waals surface area contributed by atoms with E-state index in [1.54, 1.807) is 0 Å². The van der Waals surface area contributed by atoms with Crippen LogP contribution < -0.4 is 0 Å². The fourth-order valence-electron chi connectivity index (χ4n) is 16.9. The molecule has 0 spiro atoms. The van der Waals surface area contributed by atoms with Gasteiger partial charge in [-0.2, -0.15) is 0 Å². The van der Waals surface area contributed by atoms with Gasteiger partial charge in [0.2, 0.25) is 0 Å². The molecule has 0 unspecified atom stereocenters. The number of hydrogen-bond donors (Lipinski definition) is 0. The zero-order valence-electron chi connectivity index (χ0n) is 59.6. The van der Waals surface area contributed by atoms with Crippen LogP contribution >= 0.6 is 0 Å². The van der Waals surface area contributed by atoms with Crippen LogP contribution in [-0.4, -0.2) is 0 Å². The van der Waals surface area contributed by atoms with Crippen molar-refractivity contribution in [2.45, 2.75) is 0 Å². The lowest BCUT2D eigenvalue weighted by Gasteiger charge is -2.25. The third-order valence-corrected chi connectivity index (χ3v) is 21.6. The van der Waals surface area contributed by atoms with Gasteiger partial charge in [-0.25, -0.2) is 0 Å². The van der Waals surface area contributed by atoms with Gasteiger partial charge in [0.05, 0.1) is 0 Å². The molecule has 108 heavy (non-hydrogen) atoms. The minimum absolute atomic E-state index is 1.11. The molecule has 0 aliphatic heterocycles. The molecule has 0 saturated carbocycles. The Morgan fingerprint density at radius 3 is 0.352 bits per heavy atom. The summed E-state index contributed by atoms with van der Waals surface area (Å²) in [4.78, 5) is 0. The molecule has 504 valence electrons. The van der Waals surface area contributed by atoms with Gasteiger partial charge in [-0.05, 0) is 236 Å². The molecule has 0 radical (unpaired) electrons. The lowest BCUT2D eigenvalue weighted by molar-refractivity contribution is 1.55. The van der Waals surface area contributed by atoms with Crippen molar-refractivity contribution >= 4 is 32.3 Å². The van der Waals surface area contributed by atoms with Crippen LogP contribution in [0.25, 0.3) is 199 Å². The van der Waals surface area contributed by atoms with Crippen molar-refractivity contribution in [3.63, 3.8) is 0 Å². The minimum Gasteiger partial charge on any atom is -0.0622 e. The Labute approximate surface area is 631 Å². The topological polar surface area (TPSA) is 0 Å². The summed E-state index contributed by atoms with van der Waals surface area (Å²) in [7, 11) is 0. The summed E-state index contributed by atoms with van der Waals surface area (Å²) < 4.78 is 0. The zero-order valence-corrected chi connectivity index (χ0v) is 59.6. The highest BCUT2D eigenvalue weighted by molar-refractivity contribution is 6.22. The van der Waals surface area contributed by atoms with Crippen LogP contribution in [0.3, 0.4) is 0 Å². The molecule has 0 heteroatoms. The number of benzene rings is 19. The molecular formula is C108H72. The van der Waals surface area contributed by atoms with Crippen molar-refractivity contribution < 1.29 is 0 Å². The van der Waals surface area contributed by atoms with Crippen molar-refractivity contribution in [2.75, 3.05) is 0 Å². The second-order valence-electron chi connectivity index (χ2n) is 28.0. The van der Waals surface area contributed by atoms with Crippen molar-refractivity contribution in [2.24, 2.45) is 0 Å². The highest BCUT2D eigenvalue weighted by atomic mass is 14.3. The van der Waals surface area contributed by atoms with Crippen LogP contribution in [0.2, 0.25) is 0 Å². The molecule has 19 aromatic carbocycles. The predicted molar refractivity (Wildman–Crippen MR) is 461 cm³/mol. The average Bonchev–Trinajstić information content (AvgIpc) is 0.732. The number of fused-ring (bicyclic) bond motifs is 3. The van der Waals surface area contributed by atoms with E-state index in [1.807, 2.05) is 0 Å². The monoisotopic (exact) mass is 1370 g/mol. The van der Waals surface area contributed by atoms with Crippen LogP contribution in [0.15, 0.2) is 437 Å². The van der Waals surface area contributed by atoms with Gasteiger partial charge in [-0.1, -0.05) is 400 Å². The van der Waals surface area contributed by atoms with Crippen molar-refractivity contribution in [1.82, 2.24) is 0 Å². The van der Waals surface area contributed by atoms with E-state index in [-0.39, 0.29) is 0 Å². The van der Waals surface area contributed by atoms with Gasteiger partial charge in [-0.15, -0.1) is 0 Å². The van der Waals surface area contributed by atoms with E-state index in [1.165, 1.54) is 116 Å². The Hall–Kier alpha value is -14.0. The lowest BCUT2D eigenvalue weighted by atomic mass is 9.78. The van der Waals surface area contributed by atoms with Crippen molar-refractivity contribution in [1.29, 1.82) is 0 Å². The summed E-state index contributed by atoms with van der Waals surface area (Å²) in [5.74, 6) is 0. The first-order chi connectivity index (χ1) is 53.6. The van der Waals surface area contributed by atoms with Gasteiger partial charge in [0.1, 0.15) is 0 Å². The first-order valence-electron chi connectivity index (χ1n) is 37.4. The second kappa shape index (κ2) is 28.5. The van der Waals surface area contributed by atoms with Gasteiger partial charge < -0.3 is 0 Å². The third kappa shape index (κ3) is 11.9. The Balaban J connectivity index is 0.946. The molecule has 0 saturated heterocycles. The van der Waals surface area contributed by atoms with Gasteiger partial charge in [0, 0.05) is 0 Å². The maximum Gasteiger partial charge on any atom is -0.00141 e. The Morgan fingerprint density at radius 1 is 0.0741 bits per heavy atom. The molecule has 0 aliphatic carbocycles. The molecule has 0 bridgehead atoms. The SMILES string of the molecule is c1ccc(-c2c(-c3ccccc3)c(-c3ccccc3)c3cc(-c4cc(-c5ccc6c(-c7ccccc7)c(-c7ccccc7)c(-c7ccccc7)c(-c7ccccc7)c6c5)cc(-c5ccc6c(-c7ccccc7)c(-c7ccccc7)c(-c7ccccc7)c(-c7ccccc7)c6c5)c4)ccc3c2-c2ccccc2)cc1. The quantitative estimate of drug-likeness (QED) is 0.0960. The summed E-state index contributed by atoms with van der Waals surface area (Å²) in [6.07, 6.45) is 0. The van der Waals surface area contributed by atoms with Crippen LogP contribution in [0, 0.1) is 0 Å². The third-order valence-electron chi connectivity index (χ3n) is 21.6. The van der Waals surface area contributed by atoms with E-state index >= 15 is 0 Å². The van der Waals surface area contributed by atoms with E-state index in [0.717, 1.165) is 83.5 Å². The average molecular weight is 1370 g/mol. The van der Waals surface area contributed by atoms with Crippen LogP contribution in [-0.2, 0) is 0 Å². The fraction of sp³-hybridized carbons (Fsp3) is 0. The Bertz CT molecular complexity index is 5820. The maximum atomic E-state index is 2.50. The smallest absolute Gasteiger partial charge is 0.00141 e. The molecule has 0 fully saturated rings. The van der Waals surface area contributed by atoms with Crippen molar-refractivity contribution in [3.05, 3.63) is 437 Å². The van der Waals surface area contributed by atoms with Crippen LogP contribution in [0.1, 0.15) is 0 Å². The molecule has 19 rings (SSSR count). The Morgan fingerprint density at radius 2 is 0.204 bits per heavy atom. The summed E-state index contributed by atoms with van der Waals surface area (Å²) in [6.45, 7) is 0. The van der Waals surface area contributed by atoms with Gasteiger partial charge in [-0.3, -0.25) is 0 Å². The number of rotatable bonds is 15. The summed E-state index contributed by atoms with van der Waals surface area (Å²) >= 11 is 0. The van der Waals surface area contributed by atoms with Crippen LogP contribution in [0.4, 0.5) is 0 Å². The summed E-state index contributed by atoms with van der Waals surface area (Å²) in [6, 6.07) is 162. The predicted octanol–water partition coefficient (Wildman–Crippen LogP) is 30.2. The van der Waals surface area contributed by atoms with Crippen molar-refractivity contribution in [3.8, 4) is 167 Å². The first kappa shape index (κ1) is 64.8. The molecule has 19 aromatic rings. The van der Waals surface area contributed by atoms with Gasteiger partial charge in [0.15, 0.2) is 0 Å². The maximum absolute atomic E-state index is 2.50. The van der Waals surface area contributed by atoms with E-state index < -0.39 is 0 Å². The van der Waals surface area contributed by atoms with E-state index in [9.17, 15) is 0 Å². The Kier molecular flexibility index (Phi) is 17.1. The highest BCUT2D eigenvalue weighted by Crippen LogP contribution is 2.56. The van der Waals surface area contributed by atoms with E-state index in [2.05, 4.69) is 437 Å².